The van der Waals surface area contributed by atoms with Crippen molar-refractivity contribution in [2.45, 2.75) is 25.4 Å². The summed E-state index contributed by atoms with van der Waals surface area (Å²) in [7, 11) is 0. The van der Waals surface area contributed by atoms with Crippen LogP contribution in [-0.2, 0) is 6.54 Å². The van der Waals surface area contributed by atoms with Crippen LogP contribution in [0.5, 0.6) is 0 Å². The largest absolute Gasteiger partial charge is 0.478 e. The highest BCUT2D eigenvalue weighted by Gasteiger charge is 2.32. The topological polar surface area (TPSA) is 53.4 Å². The molecule has 1 fully saturated rings. The minimum atomic E-state index is -0.917. The Morgan fingerprint density at radius 1 is 1.42 bits per heavy atom. The van der Waals surface area contributed by atoms with E-state index in [-0.39, 0.29) is 5.56 Å². The number of carboxylic acids is 1. The molecule has 5 heteroatoms. The van der Waals surface area contributed by atoms with Gasteiger partial charge in [-0.1, -0.05) is 6.07 Å². The van der Waals surface area contributed by atoms with Crippen LogP contribution in [0, 0.1) is 0 Å². The second-order valence-electron chi connectivity index (χ2n) is 4.62. The zero-order valence-electron chi connectivity index (χ0n) is 10.3. The number of hydrogen-bond donors (Lipinski definition) is 1. The Morgan fingerprint density at radius 3 is 2.89 bits per heavy atom. The Balaban J connectivity index is 1.94. The van der Waals surface area contributed by atoms with Crippen LogP contribution in [0.4, 0.5) is 5.82 Å². The smallest absolute Gasteiger partial charge is 0.339 e. The normalized spacial score (nSPS) is 14.3. The number of thiophene rings is 1. The number of pyridine rings is 1. The monoisotopic (exact) mass is 274 g/mol. The summed E-state index contributed by atoms with van der Waals surface area (Å²) in [4.78, 5) is 19.0. The lowest BCUT2D eigenvalue weighted by Crippen LogP contribution is -2.27. The van der Waals surface area contributed by atoms with Gasteiger partial charge in [-0.15, -0.1) is 11.3 Å². The van der Waals surface area contributed by atoms with Gasteiger partial charge in [0.25, 0.3) is 0 Å². The number of carboxylic acid groups (broad SMARTS) is 1. The molecule has 0 amide bonds. The fourth-order valence-corrected chi connectivity index (χ4v) is 2.83. The van der Waals surface area contributed by atoms with Crippen LogP contribution in [0.3, 0.4) is 0 Å². The van der Waals surface area contributed by atoms with Gasteiger partial charge in [-0.2, -0.15) is 0 Å². The summed E-state index contributed by atoms with van der Waals surface area (Å²) in [5, 5.41) is 11.3. The van der Waals surface area contributed by atoms with E-state index in [2.05, 4.69) is 16.0 Å². The molecule has 1 N–H and O–H groups in total. The lowest BCUT2D eigenvalue weighted by atomic mass is 10.2. The number of aromatic nitrogens is 1. The Bertz CT molecular complexity index is 579. The molecule has 3 rings (SSSR count). The zero-order chi connectivity index (χ0) is 13.2. The van der Waals surface area contributed by atoms with Crippen molar-refractivity contribution in [2.24, 2.45) is 0 Å². The Morgan fingerprint density at radius 2 is 2.26 bits per heavy atom. The van der Waals surface area contributed by atoms with Crippen molar-refractivity contribution in [3.05, 3.63) is 46.3 Å². The molecule has 2 aromatic rings. The second kappa shape index (κ2) is 5.01. The van der Waals surface area contributed by atoms with Crippen molar-refractivity contribution in [3.63, 3.8) is 0 Å². The number of hydrogen-bond acceptors (Lipinski definition) is 4. The predicted molar refractivity (Wildman–Crippen MR) is 74.7 cm³/mol. The average Bonchev–Trinajstić information content (AvgIpc) is 3.13. The van der Waals surface area contributed by atoms with Gasteiger partial charge in [0.2, 0.25) is 0 Å². The van der Waals surface area contributed by atoms with Crippen LogP contribution < -0.4 is 4.90 Å². The summed E-state index contributed by atoms with van der Waals surface area (Å²) in [6, 6.07) is 7.80. The number of rotatable bonds is 5. The minimum absolute atomic E-state index is 0.283. The summed E-state index contributed by atoms with van der Waals surface area (Å²) in [6.45, 7) is 0.736. The van der Waals surface area contributed by atoms with Crippen molar-refractivity contribution >= 4 is 23.1 Å². The molecule has 1 aliphatic rings. The summed E-state index contributed by atoms with van der Waals surface area (Å²) >= 11 is 1.69. The molecular formula is C14H14N2O2S. The average molecular weight is 274 g/mol. The molecular weight excluding hydrogens is 260 g/mol. The molecule has 2 aromatic heterocycles. The van der Waals surface area contributed by atoms with E-state index in [0.717, 1.165) is 19.4 Å². The summed E-state index contributed by atoms with van der Waals surface area (Å²) in [5.41, 5.74) is 0.283. The molecule has 0 unspecified atom stereocenters. The molecule has 0 radical (unpaired) electrons. The first kappa shape index (κ1) is 12.2. The van der Waals surface area contributed by atoms with Crippen molar-refractivity contribution in [1.82, 2.24) is 4.98 Å². The second-order valence-corrected chi connectivity index (χ2v) is 5.65. The zero-order valence-corrected chi connectivity index (χ0v) is 11.1. The van der Waals surface area contributed by atoms with Crippen LogP contribution in [-0.4, -0.2) is 22.1 Å². The van der Waals surface area contributed by atoms with E-state index < -0.39 is 5.97 Å². The molecule has 0 bridgehead atoms. The first-order chi connectivity index (χ1) is 9.25. The molecule has 2 heterocycles. The van der Waals surface area contributed by atoms with Crippen LogP contribution in [0.1, 0.15) is 28.1 Å². The molecule has 98 valence electrons. The van der Waals surface area contributed by atoms with Crippen molar-refractivity contribution in [3.8, 4) is 0 Å². The third-order valence-electron chi connectivity index (χ3n) is 3.18. The van der Waals surface area contributed by atoms with Gasteiger partial charge in [0, 0.05) is 17.1 Å². The van der Waals surface area contributed by atoms with E-state index in [0.29, 0.717) is 11.9 Å². The molecule has 0 spiro atoms. The van der Waals surface area contributed by atoms with E-state index in [1.807, 2.05) is 11.4 Å². The maximum atomic E-state index is 11.3. The van der Waals surface area contributed by atoms with Crippen LogP contribution >= 0.6 is 11.3 Å². The fraction of sp³-hybridized carbons (Fsp3) is 0.286. The number of nitrogens with zero attached hydrogens (tertiary/aromatic N) is 2. The molecule has 4 nitrogen and oxygen atoms in total. The maximum absolute atomic E-state index is 11.3. The van der Waals surface area contributed by atoms with Gasteiger partial charge < -0.3 is 10.0 Å². The van der Waals surface area contributed by atoms with Crippen molar-refractivity contribution in [2.75, 3.05) is 4.90 Å². The van der Waals surface area contributed by atoms with E-state index in [9.17, 15) is 9.90 Å². The molecule has 0 aliphatic heterocycles. The summed E-state index contributed by atoms with van der Waals surface area (Å²) in [6.07, 6.45) is 3.88. The Labute approximate surface area is 115 Å². The maximum Gasteiger partial charge on any atom is 0.339 e. The third kappa shape index (κ3) is 2.61. The summed E-state index contributed by atoms with van der Waals surface area (Å²) in [5.74, 6) is -0.328. The van der Waals surface area contributed by atoms with Gasteiger partial charge in [0.05, 0.1) is 6.54 Å². The molecule has 0 atom stereocenters. The number of anilines is 1. The highest BCUT2D eigenvalue weighted by molar-refractivity contribution is 7.09. The van der Waals surface area contributed by atoms with Crippen molar-refractivity contribution < 1.29 is 9.90 Å². The first-order valence-corrected chi connectivity index (χ1v) is 7.11. The van der Waals surface area contributed by atoms with Crippen molar-refractivity contribution in [1.29, 1.82) is 0 Å². The van der Waals surface area contributed by atoms with Gasteiger partial charge in [-0.3, -0.25) is 0 Å². The SMILES string of the molecule is O=C(O)c1cccnc1N(Cc1cccs1)C1CC1. The van der Waals surface area contributed by atoms with Gasteiger partial charge in [-0.25, -0.2) is 9.78 Å². The quantitative estimate of drug-likeness (QED) is 0.910. The minimum Gasteiger partial charge on any atom is -0.478 e. The van der Waals surface area contributed by atoms with Gasteiger partial charge in [0.15, 0.2) is 0 Å². The standard InChI is InChI=1S/C14H14N2O2S/c17-14(18)12-4-1-7-15-13(12)16(10-5-6-10)9-11-3-2-8-19-11/h1-4,7-8,10H,5-6,9H2,(H,17,18). The predicted octanol–water partition coefficient (Wildman–Crippen LogP) is 3.01. The lowest BCUT2D eigenvalue weighted by molar-refractivity contribution is 0.0697. The fourth-order valence-electron chi connectivity index (χ4n) is 2.13. The van der Waals surface area contributed by atoms with E-state index in [1.165, 1.54) is 4.88 Å². The number of aromatic carboxylic acids is 1. The van der Waals surface area contributed by atoms with Gasteiger partial charge >= 0.3 is 5.97 Å². The molecule has 1 saturated carbocycles. The Hall–Kier alpha value is -1.88. The van der Waals surface area contributed by atoms with Gasteiger partial charge in [-0.05, 0) is 36.4 Å². The highest BCUT2D eigenvalue weighted by atomic mass is 32.1. The molecule has 1 aliphatic carbocycles. The van der Waals surface area contributed by atoms with Gasteiger partial charge in [0.1, 0.15) is 11.4 Å². The van der Waals surface area contributed by atoms with E-state index in [1.54, 1.807) is 29.7 Å². The van der Waals surface area contributed by atoms with E-state index in [4.69, 9.17) is 0 Å². The van der Waals surface area contributed by atoms with Crippen LogP contribution in [0.25, 0.3) is 0 Å². The van der Waals surface area contributed by atoms with Crippen LogP contribution in [0.15, 0.2) is 35.8 Å². The Kier molecular flexibility index (Phi) is 3.21. The molecule has 19 heavy (non-hydrogen) atoms. The third-order valence-corrected chi connectivity index (χ3v) is 4.04. The molecule has 0 saturated heterocycles. The highest BCUT2D eigenvalue weighted by Crippen LogP contribution is 2.34. The lowest BCUT2D eigenvalue weighted by Gasteiger charge is -2.24. The first-order valence-electron chi connectivity index (χ1n) is 6.23. The number of carbonyl (C=O) groups is 1. The van der Waals surface area contributed by atoms with Crippen LogP contribution in [0.2, 0.25) is 0 Å². The molecule has 0 aromatic carbocycles. The van der Waals surface area contributed by atoms with E-state index >= 15 is 0 Å². The summed E-state index contributed by atoms with van der Waals surface area (Å²) < 4.78 is 0.